The van der Waals surface area contributed by atoms with Gasteiger partial charge in [-0.05, 0) is 37.5 Å². The van der Waals surface area contributed by atoms with Gasteiger partial charge in [-0.25, -0.2) is 13.9 Å². The van der Waals surface area contributed by atoms with E-state index in [2.05, 4.69) is 15.5 Å². The number of hydrogen-bond acceptors (Lipinski definition) is 4. The van der Waals surface area contributed by atoms with E-state index in [-0.39, 0.29) is 35.7 Å². The van der Waals surface area contributed by atoms with Crippen molar-refractivity contribution in [3.05, 3.63) is 68.4 Å². The number of halogens is 2. The zero-order valence-electron chi connectivity index (χ0n) is 16.7. The minimum Gasteiger partial charge on any atom is -0.348 e. The third-order valence-electron chi connectivity index (χ3n) is 5.47. The maximum Gasteiger partial charge on any atom is 0.346 e. The summed E-state index contributed by atoms with van der Waals surface area (Å²) in [6.45, 7) is 2.54. The molecule has 0 spiro atoms. The van der Waals surface area contributed by atoms with Gasteiger partial charge < -0.3 is 5.32 Å². The molecule has 0 saturated heterocycles. The Morgan fingerprint density at radius 3 is 2.67 bits per heavy atom. The lowest BCUT2D eigenvalue weighted by molar-refractivity contribution is 0.0927. The molecule has 1 amide bonds. The van der Waals surface area contributed by atoms with E-state index in [9.17, 15) is 14.0 Å². The SMILES string of the molecule is Cc1c(Cl)c(C(=O)NC2CCc3nn(Cc4ccc(F)cc4)c(=O)n3CC2)nn1C. The highest BCUT2D eigenvalue weighted by atomic mass is 35.5. The molecule has 1 atom stereocenters. The number of benzene rings is 1. The van der Waals surface area contributed by atoms with E-state index in [1.54, 1.807) is 35.4 Å². The highest BCUT2D eigenvalue weighted by Gasteiger charge is 2.25. The molecule has 30 heavy (non-hydrogen) atoms. The molecule has 8 nitrogen and oxygen atoms in total. The maximum atomic E-state index is 13.1. The zero-order valence-corrected chi connectivity index (χ0v) is 17.5. The fourth-order valence-electron chi connectivity index (χ4n) is 3.62. The molecule has 1 aromatic carbocycles. The van der Waals surface area contributed by atoms with Crippen LogP contribution in [0.25, 0.3) is 0 Å². The van der Waals surface area contributed by atoms with Crippen LogP contribution < -0.4 is 11.0 Å². The zero-order chi connectivity index (χ0) is 21.4. The van der Waals surface area contributed by atoms with E-state index in [1.165, 1.54) is 16.8 Å². The Balaban J connectivity index is 1.44. The summed E-state index contributed by atoms with van der Waals surface area (Å²) >= 11 is 6.20. The highest BCUT2D eigenvalue weighted by Crippen LogP contribution is 2.20. The lowest BCUT2D eigenvalue weighted by Crippen LogP contribution is -2.36. The summed E-state index contributed by atoms with van der Waals surface area (Å²) in [5, 5.41) is 12.0. The normalized spacial score (nSPS) is 16.2. The van der Waals surface area contributed by atoms with Crippen molar-refractivity contribution in [3.63, 3.8) is 0 Å². The number of aromatic nitrogens is 5. The number of rotatable bonds is 4. The van der Waals surface area contributed by atoms with Crippen LogP contribution in [0.5, 0.6) is 0 Å². The van der Waals surface area contributed by atoms with E-state index < -0.39 is 0 Å². The molecule has 3 heterocycles. The van der Waals surface area contributed by atoms with Crippen LogP contribution in [-0.2, 0) is 26.6 Å². The average Bonchev–Trinajstić information content (AvgIpc) is 3.06. The molecule has 0 radical (unpaired) electrons. The second-order valence-electron chi connectivity index (χ2n) is 7.50. The minimum absolute atomic E-state index is 0.109. The topological polar surface area (TPSA) is 86.7 Å². The molecule has 1 aliphatic heterocycles. The molecular formula is C20H22ClFN6O2. The van der Waals surface area contributed by atoms with Gasteiger partial charge in [0.05, 0.1) is 17.3 Å². The van der Waals surface area contributed by atoms with E-state index in [0.29, 0.717) is 36.7 Å². The lowest BCUT2D eigenvalue weighted by Gasteiger charge is -2.15. The molecule has 0 aliphatic carbocycles. The third-order valence-corrected chi connectivity index (χ3v) is 5.93. The molecular weight excluding hydrogens is 411 g/mol. The molecule has 10 heteroatoms. The molecule has 2 aromatic heterocycles. The van der Waals surface area contributed by atoms with Gasteiger partial charge in [-0.3, -0.25) is 14.0 Å². The Bertz CT molecular complexity index is 1150. The van der Waals surface area contributed by atoms with Crippen LogP contribution in [0.3, 0.4) is 0 Å². The van der Waals surface area contributed by atoms with Gasteiger partial charge in [-0.2, -0.15) is 10.2 Å². The van der Waals surface area contributed by atoms with Crippen molar-refractivity contribution in [2.24, 2.45) is 7.05 Å². The molecule has 1 N–H and O–H groups in total. The van der Waals surface area contributed by atoms with Crippen molar-refractivity contribution in [3.8, 4) is 0 Å². The maximum absolute atomic E-state index is 13.1. The number of hydrogen-bond donors (Lipinski definition) is 1. The Morgan fingerprint density at radius 2 is 2.00 bits per heavy atom. The van der Waals surface area contributed by atoms with Gasteiger partial charge in [-0.1, -0.05) is 23.7 Å². The Kier molecular flexibility index (Phi) is 5.46. The number of fused-ring (bicyclic) bond motifs is 1. The second kappa shape index (κ2) is 8.06. The predicted octanol–water partition coefficient (Wildman–Crippen LogP) is 2.06. The van der Waals surface area contributed by atoms with E-state index in [4.69, 9.17) is 11.6 Å². The van der Waals surface area contributed by atoms with Gasteiger partial charge in [0.2, 0.25) is 0 Å². The summed E-state index contributed by atoms with van der Waals surface area (Å²) in [6.07, 6.45) is 1.82. The average molecular weight is 433 g/mol. The van der Waals surface area contributed by atoms with Crippen LogP contribution >= 0.6 is 11.6 Å². The first-order valence-electron chi connectivity index (χ1n) is 9.74. The van der Waals surface area contributed by atoms with Crippen LogP contribution in [-0.4, -0.2) is 36.1 Å². The third kappa shape index (κ3) is 3.89. The number of carbonyl (C=O) groups excluding carboxylic acids is 1. The number of nitrogens with one attached hydrogen (secondary N) is 1. The molecule has 0 fully saturated rings. The monoisotopic (exact) mass is 432 g/mol. The smallest absolute Gasteiger partial charge is 0.346 e. The first kappa shape index (κ1) is 20.3. The van der Waals surface area contributed by atoms with Gasteiger partial charge in [0.1, 0.15) is 11.6 Å². The summed E-state index contributed by atoms with van der Waals surface area (Å²) in [4.78, 5) is 25.3. The number of carbonyl (C=O) groups is 1. The molecule has 1 aliphatic rings. The number of amides is 1. The van der Waals surface area contributed by atoms with Gasteiger partial charge in [0.15, 0.2) is 5.69 Å². The van der Waals surface area contributed by atoms with Crippen LogP contribution in [0.2, 0.25) is 5.02 Å². The lowest BCUT2D eigenvalue weighted by atomic mass is 10.1. The second-order valence-corrected chi connectivity index (χ2v) is 7.88. The van der Waals surface area contributed by atoms with Crippen LogP contribution in [0.4, 0.5) is 4.39 Å². The largest absolute Gasteiger partial charge is 0.348 e. The van der Waals surface area contributed by atoms with Crippen molar-refractivity contribution in [1.82, 2.24) is 29.4 Å². The molecule has 4 rings (SSSR count). The first-order valence-corrected chi connectivity index (χ1v) is 10.1. The van der Waals surface area contributed by atoms with Crippen LogP contribution in [0.15, 0.2) is 29.1 Å². The van der Waals surface area contributed by atoms with E-state index in [0.717, 1.165) is 11.3 Å². The number of aryl methyl sites for hydroxylation is 2. The number of nitrogens with zero attached hydrogens (tertiary/aromatic N) is 5. The predicted molar refractivity (Wildman–Crippen MR) is 109 cm³/mol. The summed E-state index contributed by atoms with van der Waals surface area (Å²) in [6, 6.07) is 5.90. The highest BCUT2D eigenvalue weighted by molar-refractivity contribution is 6.34. The molecule has 0 saturated carbocycles. The fraction of sp³-hybridized carbons (Fsp3) is 0.400. The Hall–Kier alpha value is -2.94. The quantitative estimate of drug-likeness (QED) is 0.683. The summed E-state index contributed by atoms with van der Waals surface area (Å²) in [5.74, 6) is 0.0505. The first-order chi connectivity index (χ1) is 14.3. The van der Waals surface area contributed by atoms with E-state index >= 15 is 0 Å². The minimum atomic E-state index is -0.318. The Labute approximate surface area is 177 Å². The standard InChI is InChI=1S/C20H22ClFN6O2/c1-12-17(21)18(25-26(12)2)19(29)23-15-7-8-16-24-28(20(30)27(16)10-9-15)11-13-3-5-14(22)6-4-13/h3-6,15H,7-11H2,1-2H3,(H,23,29). The van der Waals surface area contributed by atoms with Gasteiger partial charge in [-0.15, -0.1) is 0 Å². The fourth-order valence-corrected chi connectivity index (χ4v) is 3.87. The van der Waals surface area contributed by atoms with Gasteiger partial charge >= 0.3 is 5.69 Å². The molecule has 0 bridgehead atoms. The summed E-state index contributed by atoms with van der Waals surface area (Å²) < 4.78 is 17.7. The van der Waals surface area contributed by atoms with E-state index in [1.807, 2.05) is 0 Å². The van der Waals surface area contributed by atoms with Crippen molar-refractivity contribution in [2.45, 2.75) is 45.3 Å². The summed E-state index contributed by atoms with van der Waals surface area (Å²) in [7, 11) is 1.74. The van der Waals surface area contributed by atoms with Crippen LogP contribution in [0.1, 0.15) is 40.4 Å². The molecule has 1 unspecified atom stereocenters. The molecule has 158 valence electrons. The van der Waals surface area contributed by atoms with Crippen LogP contribution in [0, 0.1) is 12.7 Å². The van der Waals surface area contributed by atoms with Crippen molar-refractivity contribution in [2.75, 3.05) is 0 Å². The van der Waals surface area contributed by atoms with Gasteiger partial charge in [0.25, 0.3) is 5.91 Å². The van der Waals surface area contributed by atoms with Crippen molar-refractivity contribution < 1.29 is 9.18 Å². The molecule has 3 aromatic rings. The van der Waals surface area contributed by atoms with Gasteiger partial charge in [0, 0.05) is 26.1 Å². The van der Waals surface area contributed by atoms with Crippen molar-refractivity contribution in [1.29, 1.82) is 0 Å². The Morgan fingerprint density at radius 1 is 1.27 bits per heavy atom. The van der Waals surface area contributed by atoms with Crippen molar-refractivity contribution >= 4 is 17.5 Å². The summed E-state index contributed by atoms with van der Waals surface area (Å²) in [5.41, 5.74) is 1.54.